The molecule has 0 saturated carbocycles. The predicted octanol–water partition coefficient (Wildman–Crippen LogP) is 6.80. The van der Waals surface area contributed by atoms with E-state index in [1.54, 1.807) is 11.8 Å². The van der Waals surface area contributed by atoms with E-state index < -0.39 is 11.6 Å². The Morgan fingerprint density at radius 2 is 1.59 bits per heavy atom. The van der Waals surface area contributed by atoms with E-state index in [4.69, 9.17) is 5.11 Å². The van der Waals surface area contributed by atoms with Gasteiger partial charge in [-0.05, 0) is 77.9 Å². The summed E-state index contributed by atoms with van der Waals surface area (Å²) in [5, 5.41) is 9.15. The smallest absolute Gasteiger partial charge is 0.126 e. The van der Waals surface area contributed by atoms with Crippen molar-refractivity contribution in [1.29, 1.82) is 0 Å². The normalized spacial score (nSPS) is 11.7. The lowest BCUT2D eigenvalue weighted by Crippen LogP contribution is -1.92. The minimum atomic E-state index is -0.571. The molecule has 0 aromatic heterocycles. The third kappa shape index (κ3) is 6.02. The molecule has 0 aliphatic rings. The maximum atomic E-state index is 13.8. The van der Waals surface area contributed by atoms with Gasteiger partial charge in [-0.15, -0.1) is 11.8 Å². The summed E-state index contributed by atoms with van der Waals surface area (Å²) in [6.45, 7) is 4.14. The monoisotopic (exact) mass is 410 g/mol. The van der Waals surface area contributed by atoms with E-state index in [0.29, 0.717) is 12.0 Å². The van der Waals surface area contributed by atoms with E-state index in [-0.39, 0.29) is 6.61 Å². The third-order valence-electron chi connectivity index (χ3n) is 4.85. The Balaban J connectivity index is 1.83. The average molecular weight is 411 g/mol. The molecule has 1 nitrogen and oxygen atoms in total. The molecule has 4 heteroatoms. The average Bonchev–Trinajstić information content (AvgIpc) is 2.69. The maximum absolute atomic E-state index is 13.8. The zero-order valence-electron chi connectivity index (χ0n) is 16.6. The highest BCUT2D eigenvalue weighted by atomic mass is 32.2. The zero-order valence-corrected chi connectivity index (χ0v) is 17.4. The van der Waals surface area contributed by atoms with Crippen LogP contribution in [0.4, 0.5) is 8.78 Å². The number of aryl methyl sites for hydroxylation is 2. The van der Waals surface area contributed by atoms with Crippen LogP contribution in [0.15, 0.2) is 65.6 Å². The molecule has 3 aromatic rings. The van der Waals surface area contributed by atoms with Crippen LogP contribution in [0.25, 0.3) is 11.6 Å². The Kier molecular flexibility index (Phi) is 7.24. The molecular weight excluding hydrogens is 386 g/mol. The topological polar surface area (TPSA) is 20.2 Å². The van der Waals surface area contributed by atoms with Gasteiger partial charge in [-0.1, -0.05) is 36.4 Å². The summed E-state index contributed by atoms with van der Waals surface area (Å²) in [4.78, 5) is 1.10. The molecule has 0 amide bonds. The van der Waals surface area contributed by atoms with Gasteiger partial charge >= 0.3 is 0 Å². The molecule has 0 radical (unpaired) electrons. The zero-order chi connectivity index (χ0) is 20.8. The van der Waals surface area contributed by atoms with Gasteiger partial charge in [-0.3, -0.25) is 0 Å². The van der Waals surface area contributed by atoms with Gasteiger partial charge in [0.05, 0.1) is 6.61 Å². The molecule has 0 heterocycles. The van der Waals surface area contributed by atoms with E-state index in [1.807, 2.05) is 36.4 Å². The van der Waals surface area contributed by atoms with E-state index in [1.165, 1.54) is 23.3 Å². The van der Waals surface area contributed by atoms with Crippen molar-refractivity contribution in [3.63, 3.8) is 0 Å². The lowest BCUT2D eigenvalue weighted by Gasteiger charge is -2.11. The first-order chi connectivity index (χ1) is 13.9. The summed E-state index contributed by atoms with van der Waals surface area (Å²) >= 11 is 1.68. The molecule has 150 valence electrons. The Morgan fingerprint density at radius 1 is 0.897 bits per heavy atom. The molecule has 0 unspecified atom stereocenters. The fourth-order valence-corrected chi connectivity index (χ4v) is 3.95. The Hall–Kier alpha value is -2.43. The molecular formula is C25H24F2OS. The maximum Gasteiger partial charge on any atom is 0.126 e. The first kappa shape index (κ1) is 21.3. The number of aliphatic hydroxyl groups excluding tert-OH is 1. The van der Waals surface area contributed by atoms with Crippen LogP contribution < -0.4 is 0 Å². The third-order valence-corrected chi connectivity index (χ3v) is 5.87. The van der Waals surface area contributed by atoms with Gasteiger partial charge in [0.2, 0.25) is 0 Å². The fraction of sp³-hybridized carbons (Fsp3) is 0.200. The van der Waals surface area contributed by atoms with Gasteiger partial charge in [0.15, 0.2) is 0 Å². The van der Waals surface area contributed by atoms with Crippen molar-refractivity contribution in [3.05, 3.63) is 100 Å². The minimum Gasteiger partial charge on any atom is -0.392 e. The highest BCUT2D eigenvalue weighted by Crippen LogP contribution is 2.28. The van der Waals surface area contributed by atoms with Crippen LogP contribution in [-0.2, 0) is 6.61 Å². The molecule has 3 aromatic carbocycles. The number of allylic oxidation sites excluding steroid dienone is 1. The molecule has 29 heavy (non-hydrogen) atoms. The summed E-state index contributed by atoms with van der Waals surface area (Å²) in [5.74, 6) is -0.371. The lowest BCUT2D eigenvalue weighted by atomic mass is 9.98. The number of hydrogen-bond donors (Lipinski definition) is 1. The summed E-state index contributed by atoms with van der Waals surface area (Å²) < 4.78 is 27.6. The highest BCUT2D eigenvalue weighted by Gasteiger charge is 2.08. The van der Waals surface area contributed by atoms with Gasteiger partial charge in [0.25, 0.3) is 0 Å². The van der Waals surface area contributed by atoms with Crippen LogP contribution >= 0.6 is 11.8 Å². The number of thioether (sulfide) groups is 1. The second kappa shape index (κ2) is 9.86. The molecule has 3 rings (SSSR count). The number of rotatable bonds is 7. The van der Waals surface area contributed by atoms with Gasteiger partial charge in [0.1, 0.15) is 11.6 Å². The molecule has 0 bridgehead atoms. The first-order valence-corrected chi connectivity index (χ1v) is 10.5. The van der Waals surface area contributed by atoms with Gasteiger partial charge in [-0.25, -0.2) is 8.78 Å². The van der Waals surface area contributed by atoms with Crippen molar-refractivity contribution in [1.82, 2.24) is 0 Å². The predicted molar refractivity (Wildman–Crippen MR) is 118 cm³/mol. The second-order valence-corrected chi connectivity index (χ2v) is 8.24. The summed E-state index contributed by atoms with van der Waals surface area (Å²) in [7, 11) is 0. The van der Waals surface area contributed by atoms with Crippen LogP contribution in [0.2, 0.25) is 0 Å². The molecule has 0 atom stereocenters. The van der Waals surface area contributed by atoms with E-state index in [0.717, 1.165) is 33.4 Å². The van der Waals surface area contributed by atoms with Crippen LogP contribution in [0.1, 0.15) is 34.2 Å². The summed E-state index contributed by atoms with van der Waals surface area (Å²) in [6.07, 6.45) is 2.68. The van der Waals surface area contributed by atoms with E-state index in [9.17, 15) is 8.78 Å². The lowest BCUT2D eigenvalue weighted by molar-refractivity contribution is 0.282. The largest absolute Gasteiger partial charge is 0.392 e. The van der Waals surface area contributed by atoms with Crippen molar-refractivity contribution >= 4 is 23.4 Å². The van der Waals surface area contributed by atoms with Gasteiger partial charge in [0, 0.05) is 16.7 Å². The summed E-state index contributed by atoms with van der Waals surface area (Å²) in [5.41, 5.74) is 5.75. The fourth-order valence-electron chi connectivity index (χ4n) is 3.06. The summed E-state index contributed by atoms with van der Waals surface area (Å²) in [6, 6.07) is 17.6. The van der Waals surface area contributed by atoms with Crippen molar-refractivity contribution in [3.8, 4) is 0 Å². The van der Waals surface area contributed by atoms with Gasteiger partial charge < -0.3 is 5.11 Å². The molecule has 0 spiro atoms. The molecule has 0 saturated heterocycles. The number of halogens is 2. The van der Waals surface area contributed by atoms with Crippen LogP contribution in [0.3, 0.4) is 0 Å². The Labute approximate surface area is 175 Å². The minimum absolute atomic E-state index is 0.0267. The molecule has 0 aliphatic heterocycles. The molecule has 0 aliphatic carbocycles. The van der Waals surface area contributed by atoms with Crippen LogP contribution in [-0.4, -0.2) is 10.9 Å². The van der Waals surface area contributed by atoms with Crippen LogP contribution in [0, 0.1) is 25.5 Å². The van der Waals surface area contributed by atoms with E-state index in [2.05, 4.69) is 26.0 Å². The van der Waals surface area contributed by atoms with Crippen molar-refractivity contribution in [2.45, 2.75) is 31.8 Å². The number of hydrogen-bond acceptors (Lipinski definition) is 2. The standard InChI is InChI=1S/C25H24F2OS/c1-17-3-4-20(11-18(17)2)12-21(22-13-23(26)15-24(27)14-22)9-10-29-25-7-5-19(16-28)6-8-25/h3-8,11-15,28H,9-10,16H2,1-2H3/b21-12-. The first-order valence-electron chi connectivity index (χ1n) is 9.51. The van der Waals surface area contributed by atoms with E-state index >= 15 is 0 Å². The number of benzene rings is 3. The number of aliphatic hydroxyl groups is 1. The second-order valence-electron chi connectivity index (χ2n) is 7.07. The SMILES string of the molecule is Cc1ccc(/C=C(/CCSc2ccc(CO)cc2)c2cc(F)cc(F)c2)cc1C. The molecule has 0 fully saturated rings. The van der Waals surface area contributed by atoms with Crippen molar-refractivity contribution < 1.29 is 13.9 Å². The van der Waals surface area contributed by atoms with Crippen molar-refractivity contribution in [2.75, 3.05) is 5.75 Å². The van der Waals surface area contributed by atoms with Crippen LogP contribution in [0.5, 0.6) is 0 Å². The quantitative estimate of drug-likeness (QED) is 0.341. The Morgan fingerprint density at radius 3 is 2.21 bits per heavy atom. The Bertz CT molecular complexity index is 990. The molecule has 1 N–H and O–H groups in total. The highest BCUT2D eigenvalue weighted by molar-refractivity contribution is 7.99. The van der Waals surface area contributed by atoms with Crippen molar-refractivity contribution in [2.24, 2.45) is 0 Å². The van der Waals surface area contributed by atoms with Gasteiger partial charge in [-0.2, -0.15) is 0 Å².